The van der Waals surface area contributed by atoms with Gasteiger partial charge in [-0.25, -0.2) is 4.79 Å². The SMILES string of the molecule is CCOC(=O)C#Cc1ccc(OCOC)c(C2CC3C(CC2C)C(C)(C)CCC3(C)C)c1. The largest absolute Gasteiger partial charge is 0.467 e. The second kappa shape index (κ2) is 9.87. The maximum atomic E-state index is 11.7. The predicted molar refractivity (Wildman–Crippen MR) is 127 cm³/mol. The lowest BCUT2D eigenvalue weighted by Crippen LogP contribution is -2.48. The van der Waals surface area contributed by atoms with Crippen LogP contribution in [0.2, 0.25) is 0 Å². The molecular formula is C28H40O4. The number of fused-ring (bicyclic) bond motifs is 1. The van der Waals surface area contributed by atoms with Gasteiger partial charge in [0.15, 0.2) is 6.79 Å². The van der Waals surface area contributed by atoms with Crippen LogP contribution in [0.1, 0.15) is 84.3 Å². The second-order valence-electron chi connectivity index (χ2n) is 11.0. The number of carbonyl (C=O) groups excluding carboxylic acids is 1. The molecule has 2 aliphatic rings. The van der Waals surface area contributed by atoms with E-state index in [0.29, 0.717) is 35.2 Å². The van der Waals surface area contributed by atoms with Gasteiger partial charge < -0.3 is 14.2 Å². The maximum absolute atomic E-state index is 11.7. The quantitative estimate of drug-likeness (QED) is 0.312. The van der Waals surface area contributed by atoms with Crippen LogP contribution in [0.25, 0.3) is 0 Å². The molecule has 4 heteroatoms. The molecule has 4 unspecified atom stereocenters. The van der Waals surface area contributed by atoms with E-state index in [4.69, 9.17) is 14.2 Å². The molecule has 1 aromatic rings. The Morgan fingerprint density at radius 3 is 2.38 bits per heavy atom. The summed E-state index contributed by atoms with van der Waals surface area (Å²) in [5.41, 5.74) is 2.73. The molecule has 32 heavy (non-hydrogen) atoms. The maximum Gasteiger partial charge on any atom is 0.384 e. The lowest BCUT2D eigenvalue weighted by molar-refractivity contribution is -0.136. The molecule has 0 aromatic heterocycles. The predicted octanol–water partition coefficient (Wildman–Crippen LogP) is 6.18. The summed E-state index contributed by atoms with van der Waals surface area (Å²) in [6, 6.07) is 5.99. The van der Waals surface area contributed by atoms with Gasteiger partial charge in [-0.05, 0) is 90.9 Å². The minimum atomic E-state index is -0.492. The number of rotatable bonds is 5. The second-order valence-corrected chi connectivity index (χ2v) is 11.0. The lowest BCUT2D eigenvalue weighted by atomic mass is 9.48. The minimum Gasteiger partial charge on any atom is -0.467 e. The van der Waals surface area contributed by atoms with Crippen molar-refractivity contribution in [2.24, 2.45) is 28.6 Å². The summed E-state index contributed by atoms with van der Waals surface area (Å²) < 4.78 is 16.1. The molecule has 1 aromatic carbocycles. The highest BCUT2D eigenvalue weighted by atomic mass is 16.7. The zero-order valence-corrected chi connectivity index (χ0v) is 20.9. The van der Waals surface area contributed by atoms with Gasteiger partial charge in [0.1, 0.15) is 5.75 Å². The van der Waals surface area contributed by atoms with Crippen molar-refractivity contribution < 1.29 is 19.0 Å². The molecule has 0 aliphatic heterocycles. The fourth-order valence-corrected chi connectivity index (χ4v) is 6.04. The Balaban J connectivity index is 1.96. The number of hydrogen-bond donors (Lipinski definition) is 0. The zero-order chi connectivity index (χ0) is 23.5. The van der Waals surface area contributed by atoms with E-state index in [0.717, 1.165) is 23.7 Å². The first-order valence-electron chi connectivity index (χ1n) is 12.0. The Morgan fingerprint density at radius 1 is 1.09 bits per heavy atom. The molecule has 0 N–H and O–H groups in total. The zero-order valence-electron chi connectivity index (χ0n) is 20.9. The first-order valence-corrected chi connectivity index (χ1v) is 12.0. The molecule has 3 rings (SSSR count). The van der Waals surface area contributed by atoms with E-state index < -0.39 is 5.97 Å². The molecular weight excluding hydrogens is 400 g/mol. The molecule has 2 aliphatic carbocycles. The van der Waals surface area contributed by atoms with Gasteiger partial charge in [0.25, 0.3) is 0 Å². The Hall–Kier alpha value is -1.99. The van der Waals surface area contributed by atoms with Crippen LogP contribution in [-0.2, 0) is 14.3 Å². The fourth-order valence-electron chi connectivity index (χ4n) is 6.04. The van der Waals surface area contributed by atoms with Crippen molar-refractivity contribution in [3.63, 3.8) is 0 Å². The number of esters is 1. The van der Waals surface area contributed by atoms with Crippen molar-refractivity contribution in [1.82, 2.24) is 0 Å². The molecule has 176 valence electrons. The van der Waals surface area contributed by atoms with Gasteiger partial charge in [-0.15, -0.1) is 0 Å². The van der Waals surface area contributed by atoms with Crippen molar-refractivity contribution in [1.29, 1.82) is 0 Å². The summed E-state index contributed by atoms with van der Waals surface area (Å²) in [6.45, 7) is 14.6. The van der Waals surface area contributed by atoms with Crippen LogP contribution in [0.5, 0.6) is 5.75 Å². The third kappa shape index (κ3) is 5.31. The van der Waals surface area contributed by atoms with E-state index in [1.807, 2.05) is 12.1 Å². The van der Waals surface area contributed by atoms with E-state index in [2.05, 4.69) is 52.5 Å². The number of ether oxygens (including phenoxy) is 3. The highest BCUT2D eigenvalue weighted by Gasteiger charge is 2.51. The molecule has 0 saturated heterocycles. The Labute approximate surface area is 194 Å². The molecule has 4 nitrogen and oxygen atoms in total. The fraction of sp³-hybridized carbons (Fsp3) is 0.679. The average molecular weight is 441 g/mol. The number of methoxy groups -OCH3 is 1. The third-order valence-electron chi connectivity index (χ3n) is 8.05. The van der Waals surface area contributed by atoms with E-state index in [1.165, 1.54) is 24.8 Å². The molecule has 2 fully saturated rings. The molecule has 0 amide bonds. The molecule has 0 heterocycles. The van der Waals surface area contributed by atoms with Gasteiger partial charge in [0, 0.05) is 18.6 Å². The van der Waals surface area contributed by atoms with E-state index in [-0.39, 0.29) is 6.79 Å². The van der Waals surface area contributed by atoms with Gasteiger partial charge in [0.2, 0.25) is 0 Å². The Morgan fingerprint density at radius 2 is 1.75 bits per heavy atom. The summed E-state index contributed by atoms with van der Waals surface area (Å²) >= 11 is 0. The molecule has 0 spiro atoms. The summed E-state index contributed by atoms with van der Waals surface area (Å²) in [6.07, 6.45) is 4.97. The number of carbonyl (C=O) groups is 1. The average Bonchev–Trinajstić information content (AvgIpc) is 2.74. The summed E-state index contributed by atoms with van der Waals surface area (Å²) in [4.78, 5) is 11.7. The van der Waals surface area contributed by atoms with Crippen molar-refractivity contribution >= 4 is 5.97 Å². The number of hydrogen-bond acceptors (Lipinski definition) is 4. The van der Waals surface area contributed by atoms with Crippen LogP contribution in [0.4, 0.5) is 0 Å². The third-order valence-corrected chi connectivity index (χ3v) is 8.05. The van der Waals surface area contributed by atoms with Gasteiger partial charge in [-0.2, -0.15) is 0 Å². The summed E-state index contributed by atoms with van der Waals surface area (Å²) in [5.74, 6) is 8.30. The molecule has 0 bridgehead atoms. The molecule has 2 saturated carbocycles. The molecule has 4 atom stereocenters. The van der Waals surface area contributed by atoms with Crippen LogP contribution >= 0.6 is 0 Å². The monoisotopic (exact) mass is 440 g/mol. The highest BCUT2D eigenvalue weighted by Crippen LogP contribution is 2.61. The first kappa shape index (κ1) is 24.6. The van der Waals surface area contributed by atoms with Crippen LogP contribution in [0.15, 0.2) is 18.2 Å². The van der Waals surface area contributed by atoms with Gasteiger partial charge >= 0.3 is 5.97 Å². The van der Waals surface area contributed by atoms with Crippen molar-refractivity contribution in [3.05, 3.63) is 29.3 Å². The highest BCUT2D eigenvalue weighted by molar-refractivity contribution is 5.89. The van der Waals surface area contributed by atoms with E-state index in [1.54, 1.807) is 14.0 Å². The standard InChI is InChI=1S/C28H40O4/c1-8-31-26(29)12-10-20-9-11-25(32-18-30-7)22(16-20)21-17-24-23(15-19(21)2)27(3,4)13-14-28(24,5)6/h9,11,16,19,21,23-24H,8,13-15,17-18H2,1-7H3. The Bertz CT molecular complexity index is 873. The van der Waals surface area contributed by atoms with Crippen molar-refractivity contribution in [3.8, 4) is 17.6 Å². The first-order chi connectivity index (χ1) is 15.1. The summed E-state index contributed by atoms with van der Waals surface area (Å²) in [7, 11) is 1.64. The lowest BCUT2D eigenvalue weighted by Gasteiger charge is -2.57. The molecule has 0 radical (unpaired) electrons. The van der Waals surface area contributed by atoms with Crippen LogP contribution in [-0.4, -0.2) is 26.5 Å². The van der Waals surface area contributed by atoms with E-state index in [9.17, 15) is 4.79 Å². The number of benzene rings is 1. The minimum absolute atomic E-state index is 0.215. The van der Waals surface area contributed by atoms with Crippen LogP contribution in [0, 0.1) is 40.4 Å². The van der Waals surface area contributed by atoms with Crippen molar-refractivity contribution in [2.45, 2.75) is 73.1 Å². The van der Waals surface area contributed by atoms with Crippen LogP contribution in [0.3, 0.4) is 0 Å². The Kier molecular flexibility index (Phi) is 7.61. The van der Waals surface area contributed by atoms with E-state index >= 15 is 0 Å². The van der Waals surface area contributed by atoms with Crippen LogP contribution < -0.4 is 4.74 Å². The van der Waals surface area contributed by atoms with Crippen molar-refractivity contribution in [2.75, 3.05) is 20.5 Å². The normalized spacial score (nSPS) is 28.1. The smallest absolute Gasteiger partial charge is 0.384 e. The van der Waals surface area contributed by atoms with Gasteiger partial charge in [-0.3, -0.25) is 0 Å². The topological polar surface area (TPSA) is 44.8 Å². The van der Waals surface area contributed by atoms with Gasteiger partial charge in [0.05, 0.1) is 6.61 Å². The summed E-state index contributed by atoms with van der Waals surface area (Å²) in [5, 5.41) is 0. The van der Waals surface area contributed by atoms with Gasteiger partial charge in [-0.1, -0.05) is 40.5 Å².